The van der Waals surface area contributed by atoms with Crippen molar-refractivity contribution in [3.8, 4) is 28.7 Å². The molecule has 1 heterocycles. The average molecular weight is 559 g/mol. The highest BCUT2D eigenvalue weighted by molar-refractivity contribution is 7.92. The van der Waals surface area contributed by atoms with Crippen LogP contribution in [0.1, 0.15) is 10.4 Å². The third-order valence-corrected chi connectivity index (χ3v) is 7.23. The van der Waals surface area contributed by atoms with Crippen LogP contribution in [0.25, 0.3) is 0 Å². The lowest BCUT2D eigenvalue weighted by Crippen LogP contribution is -2.40. The lowest BCUT2D eigenvalue weighted by molar-refractivity contribution is 0.0302. The number of hydrogen-bond donors (Lipinski definition) is 2. The van der Waals surface area contributed by atoms with Gasteiger partial charge >= 0.3 is 0 Å². The molecule has 1 aliphatic rings. The van der Waals surface area contributed by atoms with Gasteiger partial charge in [0, 0.05) is 18.7 Å². The van der Waals surface area contributed by atoms with Crippen molar-refractivity contribution in [2.24, 2.45) is 0 Å². The lowest BCUT2D eigenvalue weighted by Gasteiger charge is -2.27. The number of methoxy groups -OCH3 is 2. The minimum Gasteiger partial charge on any atom is -0.497 e. The van der Waals surface area contributed by atoms with Crippen molar-refractivity contribution < 1.29 is 42.0 Å². The summed E-state index contributed by atoms with van der Waals surface area (Å²) in [5, 5.41) is 9.42. The average Bonchev–Trinajstić information content (AvgIpc) is 2.97. The molecule has 3 aromatic carbocycles. The van der Waals surface area contributed by atoms with Gasteiger partial charge in [0.2, 0.25) is 0 Å². The van der Waals surface area contributed by atoms with Crippen molar-refractivity contribution in [1.82, 2.24) is 4.90 Å². The van der Waals surface area contributed by atoms with Gasteiger partial charge in [0.15, 0.2) is 23.0 Å². The Hall–Kier alpha value is -4.00. The van der Waals surface area contributed by atoms with Gasteiger partial charge < -0.3 is 33.7 Å². The number of ether oxygens (including phenoxy) is 5. The highest BCUT2D eigenvalue weighted by Crippen LogP contribution is 2.43. The normalized spacial score (nSPS) is 13.5. The minimum absolute atomic E-state index is 0.0106. The fourth-order valence-electron chi connectivity index (χ4n) is 3.89. The van der Waals surface area contributed by atoms with Crippen molar-refractivity contribution in [1.29, 1.82) is 0 Å². The van der Waals surface area contributed by atoms with E-state index in [1.165, 1.54) is 50.6 Å². The third kappa shape index (κ3) is 6.72. The standard InChI is InChI=1S/C27H30N2O9S/c1-34-20-7-9-21(10-8-20)39(32,33)28-22-17-19(27(31)29-11-14-36-15-12-29)18-25(37-16-13-30)26(22)38-24-6-4-3-5-23(24)35-2/h3-10,17-18,28,30H,11-16H2,1-2H3. The Kier molecular flexibility index (Phi) is 9.12. The van der Waals surface area contributed by atoms with Gasteiger partial charge in [-0.25, -0.2) is 8.42 Å². The number of rotatable bonds is 11. The number of aliphatic hydroxyl groups is 1. The van der Waals surface area contributed by atoms with Gasteiger partial charge in [0.25, 0.3) is 15.9 Å². The largest absolute Gasteiger partial charge is 0.497 e. The second kappa shape index (κ2) is 12.7. The molecular formula is C27H30N2O9S. The molecule has 1 amide bonds. The maximum Gasteiger partial charge on any atom is 0.262 e. The van der Waals surface area contributed by atoms with Gasteiger partial charge in [-0.1, -0.05) is 12.1 Å². The van der Waals surface area contributed by atoms with Crippen LogP contribution in [-0.2, 0) is 14.8 Å². The van der Waals surface area contributed by atoms with E-state index in [2.05, 4.69) is 4.72 Å². The molecule has 0 saturated carbocycles. The fourth-order valence-corrected chi connectivity index (χ4v) is 4.94. The Labute approximate surface area is 226 Å². The highest BCUT2D eigenvalue weighted by Gasteiger charge is 2.26. The SMILES string of the molecule is COc1ccc(S(=O)(=O)Nc2cc(C(=O)N3CCOCC3)cc(OCCO)c2Oc2ccccc2OC)cc1. The third-order valence-electron chi connectivity index (χ3n) is 5.84. The zero-order valence-corrected chi connectivity index (χ0v) is 22.4. The Balaban J connectivity index is 1.82. The molecule has 0 aliphatic carbocycles. The second-order valence-electron chi connectivity index (χ2n) is 8.36. The van der Waals surface area contributed by atoms with E-state index in [9.17, 15) is 18.3 Å². The molecule has 0 aromatic heterocycles. The smallest absolute Gasteiger partial charge is 0.262 e. The second-order valence-corrected chi connectivity index (χ2v) is 10.0. The molecule has 1 fully saturated rings. The number of carbonyl (C=O) groups excluding carboxylic acids is 1. The fraction of sp³-hybridized carbons (Fsp3) is 0.296. The number of hydrogen-bond acceptors (Lipinski definition) is 9. The van der Waals surface area contributed by atoms with Crippen molar-refractivity contribution >= 4 is 21.6 Å². The van der Waals surface area contributed by atoms with Crippen LogP contribution >= 0.6 is 0 Å². The van der Waals surface area contributed by atoms with Crippen LogP contribution in [0.5, 0.6) is 28.7 Å². The molecule has 12 heteroatoms. The number of sulfonamides is 1. The van der Waals surface area contributed by atoms with Gasteiger partial charge in [-0.2, -0.15) is 0 Å². The molecule has 1 aliphatic heterocycles. The van der Waals surface area contributed by atoms with Crippen molar-refractivity contribution in [3.63, 3.8) is 0 Å². The van der Waals surface area contributed by atoms with Gasteiger partial charge in [-0.05, 0) is 48.5 Å². The monoisotopic (exact) mass is 558 g/mol. The molecule has 0 bridgehead atoms. The number of nitrogens with one attached hydrogen (secondary N) is 1. The van der Waals surface area contributed by atoms with Crippen LogP contribution in [0.4, 0.5) is 5.69 Å². The van der Waals surface area contributed by atoms with E-state index < -0.39 is 10.0 Å². The number of aliphatic hydroxyl groups excluding tert-OH is 1. The first-order valence-electron chi connectivity index (χ1n) is 12.1. The number of anilines is 1. The van der Waals surface area contributed by atoms with Crippen molar-refractivity contribution in [3.05, 3.63) is 66.2 Å². The quantitative estimate of drug-likeness (QED) is 0.364. The summed E-state index contributed by atoms with van der Waals surface area (Å²) in [5.41, 5.74) is 0.133. The summed E-state index contributed by atoms with van der Waals surface area (Å²) in [4.78, 5) is 14.9. The number of carbonyl (C=O) groups is 1. The Morgan fingerprint density at radius 3 is 2.31 bits per heavy atom. The predicted molar refractivity (Wildman–Crippen MR) is 143 cm³/mol. The van der Waals surface area contributed by atoms with E-state index in [1.807, 2.05) is 0 Å². The zero-order chi connectivity index (χ0) is 27.8. The maximum atomic E-state index is 13.4. The molecule has 0 atom stereocenters. The van der Waals surface area contributed by atoms with Crippen LogP contribution in [0, 0.1) is 0 Å². The maximum absolute atomic E-state index is 13.4. The zero-order valence-electron chi connectivity index (χ0n) is 21.6. The molecular weight excluding hydrogens is 528 g/mol. The van der Waals surface area contributed by atoms with E-state index in [1.54, 1.807) is 29.2 Å². The molecule has 11 nitrogen and oxygen atoms in total. The van der Waals surface area contributed by atoms with Crippen LogP contribution < -0.4 is 23.7 Å². The van der Waals surface area contributed by atoms with Crippen LogP contribution in [0.15, 0.2) is 65.6 Å². The predicted octanol–water partition coefficient (Wildman–Crippen LogP) is 3.14. The number of para-hydroxylation sites is 2. The van der Waals surface area contributed by atoms with Gasteiger partial charge in [-0.15, -0.1) is 0 Å². The first kappa shape index (κ1) is 28.0. The Bertz CT molecular complexity index is 1390. The highest BCUT2D eigenvalue weighted by atomic mass is 32.2. The summed E-state index contributed by atoms with van der Waals surface area (Å²) in [7, 11) is -1.18. The number of nitrogens with zero attached hydrogens (tertiary/aromatic N) is 1. The molecule has 0 unspecified atom stereocenters. The topological polar surface area (TPSA) is 133 Å². The summed E-state index contributed by atoms with van der Waals surface area (Å²) in [6, 6.07) is 15.5. The molecule has 208 valence electrons. The first-order valence-corrected chi connectivity index (χ1v) is 13.6. The van der Waals surface area contributed by atoms with E-state index in [4.69, 9.17) is 23.7 Å². The Morgan fingerprint density at radius 1 is 0.974 bits per heavy atom. The van der Waals surface area contributed by atoms with E-state index in [0.29, 0.717) is 37.8 Å². The van der Waals surface area contributed by atoms with Crippen molar-refractivity contribution in [2.75, 3.05) is 58.5 Å². The van der Waals surface area contributed by atoms with E-state index in [0.717, 1.165) is 0 Å². The summed E-state index contributed by atoms with van der Waals surface area (Å²) >= 11 is 0. The number of morpholine rings is 1. The van der Waals surface area contributed by atoms with Gasteiger partial charge in [0.1, 0.15) is 12.4 Å². The number of benzene rings is 3. The molecule has 0 radical (unpaired) electrons. The van der Waals surface area contributed by atoms with E-state index in [-0.39, 0.29) is 52.5 Å². The summed E-state index contributed by atoms with van der Waals surface area (Å²) in [6.45, 7) is 1.12. The Morgan fingerprint density at radius 2 is 1.67 bits per heavy atom. The molecule has 2 N–H and O–H groups in total. The number of amides is 1. The first-order chi connectivity index (χ1) is 18.9. The van der Waals surface area contributed by atoms with Gasteiger partial charge in [0.05, 0.1) is 44.6 Å². The summed E-state index contributed by atoms with van der Waals surface area (Å²) in [6.07, 6.45) is 0. The molecule has 1 saturated heterocycles. The van der Waals surface area contributed by atoms with Crippen LogP contribution in [-0.4, -0.2) is 78.1 Å². The van der Waals surface area contributed by atoms with E-state index >= 15 is 0 Å². The summed E-state index contributed by atoms with van der Waals surface area (Å²) in [5.74, 6) is 0.881. The van der Waals surface area contributed by atoms with Crippen LogP contribution in [0.2, 0.25) is 0 Å². The van der Waals surface area contributed by atoms with Crippen LogP contribution in [0.3, 0.4) is 0 Å². The lowest BCUT2D eigenvalue weighted by atomic mass is 10.1. The van der Waals surface area contributed by atoms with Gasteiger partial charge in [-0.3, -0.25) is 9.52 Å². The minimum atomic E-state index is -4.14. The van der Waals surface area contributed by atoms with Crippen molar-refractivity contribution in [2.45, 2.75) is 4.90 Å². The molecule has 3 aromatic rings. The molecule has 0 spiro atoms. The summed E-state index contributed by atoms with van der Waals surface area (Å²) < 4.78 is 57.1. The molecule has 4 rings (SSSR count). The molecule has 39 heavy (non-hydrogen) atoms.